The van der Waals surface area contributed by atoms with Gasteiger partial charge >= 0.3 is 0 Å². The van der Waals surface area contributed by atoms with Crippen molar-refractivity contribution in [1.29, 1.82) is 0 Å². The second-order valence-electron chi connectivity index (χ2n) is 7.07. The highest BCUT2D eigenvalue weighted by Gasteiger charge is 2.17. The number of nitrogens with one attached hydrogen (secondary N) is 1. The molecule has 4 rings (SSSR count). The largest absolute Gasteiger partial charge is 0.382 e. The van der Waals surface area contributed by atoms with E-state index in [1.807, 2.05) is 18.2 Å². The predicted molar refractivity (Wildman–Crippen MR) is 110 cm³/mol. The van der Waals surface area contributed by atoms with Crippen molar-refractivity contribution in [3.05, 3.63) is 42.2 Å². The smallest absolute Gasteiger partial charge is 0.152 e. The summed E-state index contributed by atoms with van der Waals surface area (Å²) < 4.78 is 7.49. The lowest BCUT2D eigenvalue weighted by Crippen LogP contribution is -2.45. The average molecular weight is 365 g/mol. The van der Waals surface area contributed by atoms with E-state index in [0.717, 1.165) is 73.3 Å². The molecule has 3 N–H and O–H groups in total. The van der Waals surface area contributed by atoms with Gasteiger partial charge in [-0.3, -0.25) is 0 Å². The van der Waals surface area contributed by atoms with Crippen LogP contribution in [0.3, 0.4) is 0 Å². The molecule has 0 aliphatic carbocycles. The molecule has 0 spiro atoms. The summed E-state index contributed by atoms with van der Waals surface area (Å²) in [5.74, 6) is 1.59. The fourth-order valence-corrected chi connectivity index (χ4v) is 3.48. The molecule has 3 heterocycles. The standard InChI is InChI=1S/C21H27N5O/c1-2-3-10-18-25-19-20(16-8-4-5-9-17(16)24-21(19)22)26(18)12-7-6-11-23-15-13-27-14-15/h4-9,15,23H,2-3,10-14H2,1H3,(H2,22,24)/b7-6+. The minimum absolute atomic E-state index is 0.499. The maximum Gasteiger partial charge on any atom is 0.152 e. The topological polar surface area (TPSA) is 78.0 Å². The number of aromatic nitrogens is 3. The van der Waals surface area contributed by atoms with Crippen molar-refractivity contribution in [2.24, 2.45) is 0 Å². The number of nitrogens with zero attached hydrogens (tertiary/aromatic N) is 3. The lowest BCUT2D eigenvalue weighted by molar-refractivity contribution is -0.00346. The molecule has 1 aromatic carbocycles. The van der Waals surface area contributed by atoms with Gasteiger partial charge in [-0.15, -0.1) is 0 Å². The number of fused-ring (bicyclic) bond motifs is 3. The molecule has 3 aromatic rings. The van der Waals surface area contributed by atoms with Crippen LogP contribution in [-0.2, 0) is 17.7 Å². The summed E-state index contributed by atoms with van der Waals surface area (Å²) in [7, 11) is 0. The van der Waals surface area contributed by atoms with Crippen LogP contribution in [0.5, 0.6) is 0 Å². The van der Waals surface area contributed by atoms with Crippen molar-refractivity contribution in [1.82, 2.24) is 19.9 Å². The summed E-state index contributed by atoms with van der Waals surface area (Å²) >= 11 is 0. The fourth-order valence-electron chi connectivity index (χ4n) is 3.48. The number of aryl methyl sites for hydroxylation is 1. The van der Waals surface area contributed by atoms with Gasteiger partial charge in [0.25, 0.3) is 0 Å². The van der Waals surface area contributed by atoms with Crippen molar-refractivity contribution in [3.8, 4) is 0 Å². The Bertz CT molecular complexity index is 958. The van der Waals surface area contributed by atoms with Crippen LogP contribution in [0.1, 0.15) is 25.6 Å². The predicted octanol–water partition coefficient (Wildman–Crippen LogP) is 3.05. The molecule has 0 radical (unpaired) electrons. The highest BCUT2D eigenvalue weighted by molar-refractivity contribution is 6.06. The Kier molecular flexibility index (Phi) is 5.36. The van der Waals surface area contributed by atoms with Gasteiger partial charge in [0.2, 0.25) is 0 Å². The van der Waals surface area contributed by atoms with Crippen molar-refractivity contribution < 1.29 is 4.74 Å². The first-order valence-corrected chi connectivity index (χ1v) is 9.77. The van der Waals surface area contributed by atoms with Gasteiger partial charge in [0.1, 0.15) is 11.3 Å². The van der Waals surface area contributed by atoms with Gasteiger partial charge in [-0.2, -0.15) is 0 Å². The molecule has 6 nitrogen and oxygen atoms in total. The van der Waals surface area contributed by atoms with Crippen LogP contribution < -0.4 is 11.1 Å². The molecule has 6 heteroatoms. The summed E-state index contributed by atoms with van der Waals surface area (Å²) in [6, 6.07) is 8.65. The molecule has 2 aromatic heterocycles. The van der Waals surface area contributed by atoms with Crippen LogP contribution in [0.15, 0.2) is 36.4 Å². The highest BCUT2D eigenvalue weighted by Crippen LogP contribution is 2.29. The normalized spacial score (nSPS) is 15.1. The zero-order chi connectivity index (χ0) is 18.6. The number of ether oxygens (including phenoxy) is 1. The summed E-state index contributed by atoms with van der Waals surface area (Å²) in [6.45, 7) is 5.48. The molecule has 27 heavy (non-hydrogen) atoms. The van der Waals surface area contributed by atoms with Gasteiger partial charge in [0.15, 0.2) is 5.82 Å². The van der Waals surface area contributed by atoms with Gasteiger partial charge in [-0.1, -0.05) is 43.7 Å². The molecule has 1 fully saturated rings. The number of hydrogen-bond donors (Lipinski definition) is 2. The van der Waals surface area contributed by atoms with E-state index in [9.17, 15) is 0 Å². The van der Waals surface area contributed by atoms with Crippen LogP contribution in [0.2, 0.25) is 0 Å². The Hall–Kier alpha value is -2.44. The first-order valence-electron chi connectivity index (χ1n) is 9.77. The van der Waals surface area contributed by atoms with E-state index in [-0.39, 0.29) is 0 Å². The number of anilines is 1. The third kappa shape index (κ3) is 3.68. The SMILES string of the molecule is CCCCc1nc2c(N)nc3ccccc3c2n1C/C=C/CNC1COC1. The van der Waals surface area contributed by atoms with Gasteiger partial charge in [0.05, 0.1) is 30.3 Å². The number of pyridine rings is 1. The first-order chi connectivity index (χ1) is 13.3. The highest BCUT2D eigenvalue weighted by atomic mass is 16.5. The second-order valence-corrected chi connectivity index (χ2v) is 7.07. The number of benzene rings is 1. The Balaban J connectivity index is 1.67. The number of nitrogen functional groups attached to an aromatic ring is 1. The number of nitrogens with two attached hydrogens (primary N) is 1. The van der Waals surface area contributed by atoms with Gasteiger partial charge in [-0.05, 0) is 12.5 Å². The van der Waals surface area contributed by atoms with Crippen molar-refractivity contribution in [3.63, 3.8) is 0 Å². The van der Waals surface area contributed by atoms with Crippen LogP contribution in [-0.4, -0.2) is 40.3 Å². The number of imidazole rings is 1. The maximum atomic E-state index is 6.24. The summed E-state index contributed by atoms with van der Waals surface area (Å²) in [5.41, 5.74) is 9.07. The minimum atomic E-state index is 0.499. The third-order valence-corrected chi connectivity index (χ3v) is 5.06. The molecular weight excluding hydrogens is 338 g/mol. The molecule has 1 aliphatic rings. The Labute approximate surface area is 159 Å². The van der Waals surface area contributed by atoms with E-state index in [0.29, 0.717) is 11.9 Å². The third-order valence-electron chi connectivity index (χ3n) is 5.06. The Morgan fingerprint density at radius 2 is 2.11 bits per heavy atom. The average Bonchev–Trinajstić information content (AvgIpc) is 3.01. The zero-order valence-electron chi connectivity index (χ0n) is 15.8. The van der Waals surface area contributed by atoms with Crippen LogP contribution >= 0.6 is 0 Å². The maximum absolute atomic E-state index is 6.24. The summed E-state index contributed by atoms with van der Waals surface area (Å²) in [5, 5.41) is 4.56. The molecule has 0 amide bonds. The van der Waals surface area contributed by atoms with E-state index in [2.05, 4.69) is 40.0 Å². The summed E-state index contributed by atoms with van der Waals surface area (Å²) in [4.78, 5) is 9.40. The molecule has 0 saturated carbocycles. The van der Waals surface area contributed by atoms with Gasteiger partial charge < -0.3 is 20.4 Å². The number of allylic oxidation sites excluding steroid dienone is 1. The monoisotopic (exact) mass is 365 g/mol. The Morgan fingerprint density at radius 3 is 2.89 bits per heavy atom. The van der Waals surface area contributed by atoms with E-state index in [1.54, 1.807) is 0 Å². The van der Waals surface area contributed by atoms with E-state index < -0.39 is 0 Å². The van der Waals surface area contributed by atoms with Crippen LogP contribution in [0.4, 0.5) is 5.82 Å². The van der Waals surface area contributed by atoms with Gasteiger partial charge in [0, 0.05) is 24.9 Å². The van der Waals surface area contributed by atoms with Crippen molar-refractivity contribution in [2.45, 2.75) is 38.8 Å². The summed E-state index contributed by atoms with van der Waals surface area (Å²) in [6.07, 6.45) is 7.59. The zero-order valence-corrected chi connectivity index (χ0v) is 15.8. The van der Waals surface area contributed by atoms with Crippen LogP contribution in [0.25, 0.3) is 21.9 Å². The van der Waals surface area contributed by atoms with Crippen LogP contribution in [0, 0.1) is 0 Å². The minimum Gasteiger partial charge on any atom is -0.382 e. The second kappa shape index (κ2) is 8.06. The fraction of sp³-hybridized carbons (Fsp3) is 0.429. The quantitative estimate of drug-likeness (QED) is 0.600. The Morgan fingerprint density at radius 1 is 1.26 bits per heavy atom. The molecule has 0 unspecified atom stereocenters. The first kappa shape index (κ1) is 17.9. The van der Waals surface area contributed by atoms with E-state index >= 15 is 0 Å². The molecule has 1 aliphatic heterocycles. The molecule has 0 atom stereocenters. The molecule has 0 bridgehead atoms. The van der Waals surface area contributed by atoms with Gasteiger partial charge in [-0.25, -0.2) is 9.97 Å². The number of unbranched alkanes of at least 4 members (excludes halogenated alkanes) is 1. The van der Waals surface area contributed by atoms with Crippen molar-refractivity contribution >= 4 is 27.8 Å². The molecule has 1 saturated heterocycles. The van der Waals surface area contributed by atoms with E-state index in [1.165, 1.54) is 0 Å². The molecular formula is C21H27N5O. The lowest BCUT2D eigenvalue weighted by Gasteiger charge is -2.26. The van der Waals surface area contributed by atoms with E-state index in [4.69, 9.17) is 15.5 Å². The number of rotatable bonds is 8. The van der Waals surface area contributed by atoms with Crippen molar-refractivity contribution in [2.75, 3.05) is 25.5 Å². The number of hydrogen-bond acceptors (Lipinski definition) is 5. The molecule has 142 valence electrons. The number of para-hydroxylation sites is 1. The lowest BCUT2D eigenvalue weighted by atomic mass is 10.2.